The zero-order chi connectivity index (χ0) is 23.5. The summed E-state index contributed by atoms with van der Waals surface area (Å²) in [5, 5.41) is 0. The summed E-state index contributed by atoms with van der Waals surface area (Å²) in [4.78, 5) is 6.56. The Morgan fingerprint density at radius 3 is 2.67 bits per heavy atom. The van der Waals surface area contributed by atoms with Gasteiger partial charge in [-0.15, -0.1) is 0 Å². The first-order chi connectivity index (χ1) is 15.9. The van der Waals surface area contributed by atoms with Crippen LogP contribution in [-0.4, -0.2) is 27.5 Å². The van der Waals surface area contributed by atoms with Gasteiger partial charge < -0.3 is 9.30 Å². The number of rotatable bonds is 10. The summed E-state index contributed by atoms with van der Waals surface area (Å²) in [6.07, 6.45) is 10.8. The van der Waals surface area contributed by atoms with Gasteiger partial charge in [0.15, 0.2) is 0 Å². The number of hydrogen-bond donors (Lipinski definition) is 0. The molecule has 0 amide bonds. The Labute approximate surface area is 198 Å². The van der Waals surface area contributed by atoms with Crippen LogP contribution in [0.3, 0.4) is 0 Å². The molecule has 0 unspecified atom stereocenters. The number of allylic oxidation sites excluding steroid dienone is 1. The highest BCUT2D eigenvalue weighted by molar-refractivity contribution is 5.36. The van der Waals surface area contributed by atoms with Crippen molar-refractivity contribution < 1.29 is 4.74 Å². The molecule has 0 aliphatic rings. The normalized spacial score (nSPS) is 11.5. The van der Waals surface area contributed by atoms with Gasteiger partial charge in [0.05, 0.1) is 6.33 Å². The number of ether oxygens (including phenoxy) is 1. The maximum Gasteiger partial charge on any atom is 0.120 e. The highest BCUT2D eigenvalue weighted by atomic mass is 16.5. The molecule has 2 aromatic carbocycles. The van der Waals surface area contributed by atoms with Crippen molar-refractivity contribution in [2.45, 2.75) is 47.3 Å². The molecule has 0 saturated heterocycles. The third-order valence-corrected chi connectivity index (χ3v) is 4.98. The van der Waals surface area contributed by atoms with Crippen molar-refractivity contribution in [2.75, 3.05) is 13.1 Å². The molecule has 4 heteroatoms. The Kier molecular flexibility index (Phi) is 8.92. The molecule has 0 saturated carbocycles. The van der Waals surface area contributed by atoms with Crippen molar-refractivity contribution in [3.8, 4) is 23.3 Å². The maximum absolute atomic E-state index is 6.12. The first-order valence-corrected chi connectivity index (χ1v) is 11.6. The predicted molar refractivity (Wildman–Crippen MR) is 136 cm³/mol. The van der Waals surface area contributed by atoms with Gasteiger partial charge in [0.25, 0.3) is 0 Å². The summed E-state index contributed by atoms with van der Waals surface area (Å²) in [6.45, 7) is 11.9. The standard InChI is InChI=1S/C29H35N3O/c1-5-17-31(18-8-6-7-15-29(2,3)4)22-25-11-10-14-28(21-25)33-23-26-12-9-13-27(20-26)32-19-16-30-24-32/h6,8-14,16,19-21,24H,5,17-18,22-23H2,1-4H3/b8-6+. The number of benzene rings is 2. The molecule has 0 aliphatic heterocycles. The second-order valence-corrected chi connectivity index (χ2v) is 9.23. The second kappa shape index (κ2) is 12.1. The van der Waals surface area contributed by atoms with Gasteiger partial charge in [0, 0.05) is 36.6 Å². The lowest BCUT2D eigenvalue weighted by molar-refractivity contribution is 0.290. The average molecular weight is 442 g/mol. The van der Waals surface area contributed by atoms with Crippen molar-refractivity contribution >= 4 is 0 Å². The number of hydrogen-bond acceptors (Lipinski definition) is 3. The molecule has 3 aromatic rings. The van der Waals surface area contributed by atoms with Crippen molar-refractivity contribution in [1.82, 2.24) is 14.5 Å². The summed E-state index contributed by atoms with van der Waals surface area (Å²) in [5.74, 6) is 7.30. The van der Waals surface area contributed by atoms with E-state index in [4.69, 9.17) is 4.74 Å². The van der Waals surface area contributed by atoms with Crippen molar-refractivity contribution in [1.29, 1.82) is 0 Å². The fourth-order valence-corrected chi connectivity index (χ4v) is 3.45. The van der Waals surface area contributed by atoms with E-state index in [9.17, 15) is 0 Å². The minimum absolute atomic E-state index is 0.0364. The molecule has 0 bridgehead atoms. The van der Waals surface area contributed by atoms with Crippen LogP contribution < -0.4 is 4.74 Å². The fraction of sp³-hybridized carbons (Fsp3) is 0.345. The molecule has 0 spiro atoms. The molecule has 0 fully saturated rings. The Bertz CT molecular complexity index is 1080. The Balaban J connectivity index is 1.58. The lowest BCUT2D eigenvalue weighted by atomic mass is 9.98. The molecule has 33 heavy (non-hydrogen) atoms. The second-order valence-electron chi connectivity index (χ2n) is 9.23. The van der Waals surface area contributed by atoms with E-state index in [0.29, 0.717) is 6.61 Å². The van der Waals surface area contributed by atoms with Crippen LogP contribution in [0.25, 0.3) is 5.69 Å². The van der Waals surface area contributed by atoms with Crippen LogP contribution in [0.15, 0.2) is 79.4 Å². The summed E-state index contributed by atoms with van der Waals surface area (Å²) in [7, 11) is 0. The zero-order valence-corrected chi connectivity index (χ0v) is 20.3. The van der Waals surface area contributed by atoms with E-state index in [1.54, 1.807) is 12.5 Å². The molecule has 1 aromatic heterocycles. The van der Waals surface area contributed by atoms with Crippen LogP contribution in [0.2, 0.25) is 0 Å². The molecule has 0 radical (unpaired) electrons. The molecule has 0 aliphatic carbocycles. The quantitative estimate of drug-likeness (QED) is 0.347. The minimum Gasteiger partial charge on any atom is -0.489 e. The average Bonchev–Trinajstić information content (AvgIpc) is 3.32. The first kappa shape index (κ1) is 24.4. The Hall–Kier alpha value is -3.29. The molecular formula is C29H35N3O. The van der Waals surface area contributed by atoms with Crippen LogP contribution in [0.4, 0.5) is 0 Å². The molecule has 0 atom stereocenters. The Morgan fingerprint density at radius 2 is 1.91 bits per heavy atom. The van der Waals surface area contributed by atoms with E-state index in [1.807, 2.05) is 29.0 Å². The maximum atomic E-state index is 6.12. The number of nitrogens with zero attached hydrogens (tertiary/aromatic N) is 3. The van der Waals surface area contributed by atoms with Gasteiger partial charge in [-0.3, -0.25) is 4.90 Å². The van der Waals surface area contributed by atoms with Gasteiger partial charge in [-0.05, 0) is 75.2 Å². The van der Waals surface area contributed by atoms with Gasteiger partial charge in [-0.25, -0.2) is 4.98 Å². The van der Waals surface area contributed by atoms with Gasteiger partial charge in [-0.1, -0.05) is 49.1 Å². The van der Waals surface area contributed by atoms with E-state index in [-0.39, 0.29) is 5.41 Å². The number of aromatic nitrogens is 2. The van der Waals surface area contributed by atoms with E-state index in [0.717, 1.165) is 43.1 Å². The van der Waals surface area contributed by atoms with Crippen LogP contribution in [0.5, 0.6) is 5.75 Å². The molecule has 1 heterocycles. The third kappa shape index (κ3) is 8.63. The van der Waals surface area contributed by atoms with Gasteiger partial charge >= 0.3 is 0 Å². The van der Waals surface area contributed by atoms with E-state index >= 15 is 0 Å². The molecule has 172 valence electrons. The van der Waals surface area contributed by atoms with Crippen molar-refractivity contribution in [2.24, 2.45) is 5.41 Å². The van der Waals surface area contributed by atoms with Gasteiger partial charge in [0.2, 0.25) is 0 Å². The van der Waals surface area contributed by atoms with Gasteiger partial charge in [-0.2, -0.15) is 0 Å². The highest BCUT2D eigenvalue weighted by Crippen LogP contribution is 2.18. The molecular weight excluding hydrogens is 406 g/mol. The third-order valence-electron chi connectivity index (χ3n) is 4.98. The van der Waals surface area contributed by atoms with E-state index in [1.165, 1.54) is 5.56 Å². The van der Waals surface area contributed by atoms with Crippen LogP contribution in [-0.2, 0) is 13.2 Å². The summed E-state index contributed by atoms with van der Waals surface area (Å²) >= 11 is 0. The van der Waals surface area contributed by atoms with Gasteiger partial charge in [0.1, 0.15) is 12.4 Å². The molecule has 3 rings (SSSR count). The van der Waals surface area contributed by atoms with Crippen LogP contribution >= 0.6 is 0 Å². The minimum atomic E-state index is 0.0364. The van der Waals surface area contributed by atoms with E-state index < -0.39 is 0 Å². The Morgan fingerprint density at radius 1 is 1.09 bits per heavy atom. The molecule has 0 N–H and O–H groups in total. The first-order valence-electron chi connectivity index (χ1n) is 11.6. The molecule has 4 nitrogen and oxygen atoms in total. The SMILES string of the molecule is CCCN(C/C=C/C#CC(C)(C)C)Cc1cccc(OCc2cccc(-n3ccnc3)c2)c1. The van der Waals surface area contributed by atoms with Crippen LogP contribution in [0, 0.1) is 17.3 Å². The highest BCUT2D eigenvalue weighted by Gasteiger charge is 2.06. The fourth-order valence-electron chi connectivity index (χ4n) is 3.45. The summed E-state index contributed by atoms with van der Waals surface area (Å²) in [6, 6.07) is 16.7. The van der Waals surface area contributed by atoms with Crippen LogP contribution in [0.1, 0.15) is 45.2 Å². The van der Waals surface area contributed by atoms with Crippen molar-refractivity contribution in [3.05, 3.63) is 90.5 Å². The topological polar surface area (TPSA) is 30.3 Å². The largest absolute Gasteiger partial charge is 0.489 e. The van der Waals surface area contributed by atoms with Crippen molar-refractivity contribution in [3.63, 3.8) is 0 Å². The predicted octanol–water partition coefficient (Wildman–Crippen LogP) is 6.27. The summed E-state index contributed by atoms with van der Waals surface area (Å²) < 4.78 is 8.11. The van der Waals surface area contributed by atoms with E-state index in [2.05, 4.69) is 91.9 Å². The lowest BCUT2D eigenvalue weighted by Crippen LogP contribution is -2.24. The smallest absolute Gasteiger partial charge is 0.120 e. The number of imidazole rings is 1. The summed E-state index contributed by atoms with van der Waals surface area (Å²) in [5.41, 5.74) is 3.50. The lowest BCUT2D eigenvalue weighted by Gasteiger charge is -2.20. The monoisotopic (exact) mass is 441 g/mol. The zero-order valence-electron chi connectivity index (χ0n) is 20.3.